The van der Waals surface area contributed by atoms with E-state index < -0.39 is 156 Å². The number of fused-ring (bicyclic) bond motifs is 8. The molecule has 5 rings (SSSR count). The Bertz CT molecular complexity index is 965. The normalized spacial score (nSPS) is 54.5. The zero-order valence-electron chi connectivity index (χ0n) is 24.1. The Kier molecular flexibility index (Phi) is 12.2. The summed E-state index contributed by atoms with van der Waals surface area (Å²) in [5, 5.41) is 126. The van der Waals surface area contributed by atoms with Gasteiger partial charge in [0.15, 0.2) is 12.6 Å². The van der Waals surface area contributed by atoms with E-state index in [1.807, 2.05) is 0 Å². The molecule has 5 heterocycles. The lowest BCUT2D eigenvalue weighted by Crippen LogP contribution is -2.65. The van der Waals surface area contributed by atoms with Gasteiger partial charge < -0.3 is 94.4 Å². The topological polar surface area (TPSA) is 326 Å². The van der Waals surface area contributed by atoms with E-state index in [4.69, 9.17) is 42.9 Å². The molecule has 0 aromatic carbocycles. The van der Waals surface area contributed by atoms with Gasteiger partial charge in [-0.05, 0) is 0 Å². The smallest absolute Gasteiger partial charge is 0.220 e. The molecule has 0 aliphatic carbocycles. The van der Waals surface area contributed by atoms with Crippen molar-refractivity contribution < 1.29 is 104 Å². The Morgan fingerprint density at radius 2 is 0.913 bits per heavy atom. The molecule has 20 atom stereocenters. The van der Waals surface area contributed by atoms with Crippen molar-refractivity contribution in [2.75, 3.05) is 33.0 Å². The van der Waals surface area contributed by atoms with Crippen molar-refractivity contribution in [3.8, 4) is 0 Å². The summed E-state index contributed by atoms with van der Waals surface area (Å²) < 4.78 is 38.7. The average molecular weight is 679 g/mol. The minimum absolute atomic E-state index is 0.481. The van der Waals surface area contributed by atoms with Crippen LogP contribution in [0.3, 0.4) is 0 Å². The van der Waals surface area contributed by atoms with Crippen LogP contribution in [0.1, 0.15) is 0 Å². The molecule has 0 radical (unpaired) electrons. The Morgan fingerprint density at radius 3 is 1.54 bits per heavy atom. The number of rotatable bonds is 2. The van der Waals surface area contributed by atoms with Crippen molar-refractivity contribution in [2.24, 2.45) is 0 Å². The standard InChI is InChI=1S/C25H42O21/c26-1-6-14(31)22-15(32)9(40-6)4-38-3-8-11(28)16(33)18(35)24(42-8)44-21-13(30)7(2-27)41-23(20(21)37)39-5-10-12(29)17(34)19(36)25(43-10)46-45-22/h6-37H,1-5H2/t6-,7+,8+,9-,10?,11+,12+,13+,14-,15+,16-,17-,18+,19+,20+,21-,22+,23-,24+,25+/m0/s1. The number of hydrogen-bond acceptors (Lipinski definition) is 21. The summed E-state index contributed by atoms with van der Waals surface area (Å²) in [6.07, 6.45) is -33.9. The minimum atomic E-state index is -1.93. The second-order valence-electron chi connectivity index (χ2n) is 11.7. The molecule has 5 fully saturated rings. The van der Waals surface area contributed by atoms with E-state index in [0.29, 0.717) is 0 Å². The minimum Gasteiger partial charge on any atom is -0.394 e. The van der Waals surface area contributed by atoms with E-state index in [1.54, 1.807) is 0 Å². The summed E-state index contributed by atoms with van der Waals surface area (Å²) in [7, 11) is 0. The summed E-state index contributed by atoms with van der Waals surface area (Å²) in [5.41, 5.74) is 0. The van der Waals surface area contributed by atoms with Crippen LogP contribution in [0, 0.1) is 0 Å². The zero-order valence-corrected chi connectivity index (χ0v) is 24.1. The molecule has 5 aliphatic rings. The molecule has 0 aromatic heterocycles. The van der Waals surface area contributed by atoms with Gasteiger partial charge in [0, 0.05) is 0 Å². The van der Waals surface area contributed by atoms with Gasteiger partial charge in [-0.3, -0.25) is 0 Å². The van der Waals surface area contributed by atoms with Crippen LogP contribution in [0.2, 0.25) is 0 Å². The fourth-order valence-electron chi connectivity index (χ4n) is 5.83. The molecule has 21 heteroatoms. The van der Waals surface area contributed by atoms with Crippen LogP contribution in [0.15, 0.2) is 0 Å². The third-order valence-corrected chi connectivity index (χ3v) is 8.67. The van der Waals surface area contributed by atoms with Crippen LogP contribution in [0.4, 0.5) is 0 Å². The first kappa shape index (κ1) is 36.4. The summed E-state index contributed by atoms with van der Waals surface area (Å²) in [5.74, 6) is 0. The lowest BCUT2D eigenvalue weighted by molar-refractivity contribution is -0.461. The van der Waals surface area contributed by atoms with Crippen LogP contribution in [0.25, 0.3) is 0 Å². The summed E-state index contributed by atoms with van der Waals surface area (Å²) >= 11 is 0. The quantitative estimate of drug-likeness (QED) is 0.121. The third-order valence-electron chi connectivity index (χ3n) is 8.67. The van der Waals surface area contributed by atoms with E-state index in [0.717, 1.165) is 0 Å². The van der Waals surface area contributed by atoms with E-state index in [2.05, 4.69) is 0 Å². The molecule has 5 aliphatic heterocycles. The zero-order chi connectivity index (χ0) is 33.4. The van der Waals surface area contributed by atoms with Gasteiger partial charge in [-0.1, -0.05) is 0 Å². The number of ether oxygens (including phenoxy) is 7. The lowest BCUT2D eigenvalue weighted by Gasteiger charge is -2.47. The molecule has 0 spiro atoms. The maximum Gasteiger partial charge on any atom is 0.220 e. The first-order valence-electron chi connectivity index (χ1n) is 14.7. The Morgan fingerprint density at radius 1 is 0.391 bits per heavy atom. The van der Waals surface area contributed by atoms with Gasteiger partial charge >= 0.3 is 0 Å². The molecule has 0 saturated carbocycles. The second kappa shape index (κ2) is 15.4. The Balaban J connectivity index is 1.43. The van der Waals surface area contributed by atoms with Gasteiger partial charge in [0.05, 0.1) is 33.0 Å². The first-order chi connectivity index (χ1) is 21.9. The highest BCUT2D eigenvalue weighted by Crippen LogP contribution is 2.32. The Hall–Kier alpha value is -0.840. The average Bonchev–Trinajstić information content (AvgIpc) is 3.04. The molecule has 268 valence electrons. The van der Waals surface area contributed by atoms with E-state index >= 15 is 0 Å². The number of aliphatic hydroxyl groups excluding tert-OH is 12. The van der Waals surface area contributed by atoms with Crippen molar-refractivity contribution >= 4 is 0 Å². The van der Waals surface area contributed by atoms with Crippen LogP contribution in [-0.2, 0) is 42.9 Å². The predicted octanol–water partition coefficient (Wildman–Crippen LogP) is -8.73. The molecular formula is C25H42O21. The highest BCUT2D eigenvalue weighted by molar-refractivity contribution is 4.96. The van der Waals surface area contributed by atoms with Gasteiger partial charge in [0.25, 0.3) is 0 Å². The molecule has 0 aromatic rings. The Labute approximate surface area is 260 Å². The van der Waals surface area contributed by atoms with E-state index in [9.17, 15) is 61.3 Å². The van der Waals surface area contributed by atoms with Gasteiger partial charge in [0.2, 0.25) is 6.29 Å². The number of hydrogen-bond donors (Lipinski definition) is 12. The van der Waals surface area contributed by atoms with Crippen LogP contribution in [0.5, 0.6) is 0 Å². The van der Waals surface area contributed by atoms with Crippen LogP contribution >= 0.6 is 0 Å². The van der Waals surface area contributed by atoms with Crippen molar-refractivity contribution in [1.29, 1.82) is 0 Å². The maximum absolute atomic E-state index is 11.0. The SMILES string of the molecule is OC[C@@H]1O[C@H]2COC[C@H]3O[C@H](O[C@@H]4[C@@H](O)[C@@H](OCC5O[C@H](OO[C@H]([C@H]1O)[C@@H]2O)[C@H](O)[C@@H](O)[C@@H]5O)O[C@H](CO)[C@H]4O)[C@H](O)[C@@H](O)[C@@H]3O. The first-order valence-corrected chi connectivity index (χ1v) is 14.7. The van der Waals surface area contributed by atoms with E-state index in [1.165, 1.54) is 0 Å². The van der Waals surface area contributed by atoms with Crippen molar-refractivity contribution in [1.82, 2.24) is 0 Å². The molecule has 5 saturated heterocycles. The van der Waals surface area contributed by atoms with Gasteiger partial charge in [-0.15, -0.1) is 0 Å². The van der Waals surface area contributed by atoms with Gasteiger partial charge in [0.1, 0.15) is 104 Å². The summed E-state index contributed by atoms with van der Waals surface area (Å²) in [6.45, 7) is -3.23. The molecule has 12 N–H and O–H groups in total. The second-order valence-corrected chi connectivity index (χ2v) is 11.7. The largest absolute Gasteiger partial charge is 0.394 e. The molecule has 46 heavy (non-hydrogen) atoms. The predicted molar refractivity (Wildman–Crippen MR) is 136 cm³/mol. The van der Waals surface area contributed by atoms with Crippen molar-refractivity contribution in [3.63, 3.8) is 0 Å². The number of aliphatic hydroxyl groups is 12. The monoisotopic (exact) mass is 678 g/mol. The molecule has 8 bridgehead atoms. The highest BCUT2D eigenvalue weighted by atomic mass is 17.2. The molecule has 1 unspecified atom stereocenters. The fraction of sp³-hybridized carbons (Fsp3) is 1.00. The lowest BCUT2D eigenvalue weighted by atomic mass is 9.95. The molecule has 21 nitrogen and oxygen atoms in total. The van der Waals surface area contributed by atoms with E-state index in [-0.39, 0.29) is 0 Å². The highest BCUT2D eigenvalue weighted by Gasteiger charge is 2.53. The summed E-state index contributed by atoms with van der Waals surface area (Å²) in [4.78, 5) is 10.3. The summed E-state index contributed by atoms with van der Waals surface area (Å²) in [6, 6.07) is 0. The van der Waals surface area contributed by atoms with Crippen molar-refractivity contribution in [3.05, 3.63) is 0 Å². The van der Waals surface area contributed by atoms with Crippen molar-refractivity contribution in [2.45, 2.75) is 123 Å². The molecular weight excluding hydrogens is 636 g/mol. The third kappa shape index (κ3) is 7.21. The van der Waals surface area contributed by atoms with Crippen LogP contribution in [-0.4, -0.2) is 217 Å². The maximum atomic E-state index is 11.0. The van der Waals surface area contributed by atoms with Crippen LogP contribution < -0.4 is 0 Å². The fourth-order valence-corrected chi connectivity index (χ4v) is 5.83. The molecule has 0 amide bonds. The van der Waals surface area contributed by atoms with Gasteiger partial charge in [-0.25, -0.2) is 9.78 Å². The van der Waals surface area contributed by atoms with Gasteiger partial charge in [-0.2, -0.15) is 0 Å².